The van der Waals surface area contributed by atoms with Crippen LogP contribution in [0.15, 0.2) is 91.6 Å². The third-order valence-corrected chi connectivity index (χ3v) is 8.78. The van der Waals surface area contributed by atoms with E-state index in [1.165, 1.54) is 36.4 Å². The first-order valence-corrected chi connectivity index (χ1v) is 15.4. The lowest BCUT2D eigenvalue weighted by atomic mass is 10.1. The van der Waals surface area contributed by atoms with Crippen LogP contribution in [0, 0.1) is 6.92 Å². The van der Waals surface area contributed by atoms with Crippen molar-refractivity contribution >= 4 is 69.7 Å². The highest BCUT2D eigenvalue weighted by Gasteiger charge is 2.27. The summed E-state index contributed by atoms with van der Waals surface area (Å²) in [7, 11) is -14.4. The number of fused-ring (bicyclic) bond motifs is 1. The molecule has 4 aromatic rings. The molecule has 0 radical (unpaired) electrons. The Morgan fingerprint density at radius 1 is 0.795 bits per heavy atom. The third kappa shape index (κ3) is 6.03. The highest BCUT2D eigenvalue weighted by Crippen LogP contribution is 2.45. The van der Waals surface area contributed by atoms with Gasteiger partial charge in [-0.05, 0) is 54.8 Å². The van der Waals surface area contributed by atoms with Crippen molar-refractivity contribution < 1.29 is 39.5 Å². The number of nitrogens with one attached hydrogen (secondary N) is 1. The number of hydrogen-bond donors (Lipinski definition) is 4. The summed E-state index contributed by atoms with van der Waals surface area (Å²) in [6.45, 7) is 1.73. The van der Waals surface area contributed by atoms with Crippen LogP contribution < -0.4 is 4.72 Å². The molecule has 4 N–H and O–H groups in total. The SMILES string of the molecule is Cc1ccc(S(=O)(=O)Nc2cc(S(=O)(=O)O)cc3cc(S(=O)(=O)O)c(/N=N\c4ccccc4Cl)c(O)c23)cc1. The average Bonchev–Trinajstić information content (AvgIpc) is 2.82. The quantitative estimate of drug-likeness (QED) is 0.160. The second-order valence-corrected chi connectivity index (χ2v) is 13.1. The lowest BCUT2D eigenvalue weighted by Gasteiger charge is -2.16. The van der Waals surface area contributed by atoms with Crippen molar-refractivity contribution in [3.05, 3.63) is 77.3 Å². The Kier molecular flexibility index (Phi) is 7.41. The van der Waals surface area contributed by atoms with E-state index in [2.05, 4.69) is 15.0 Å². The number of sulfonamides is 1. The normalized spacial score (nSPS) is 12.7. The van der Waals surface area contributed by atoms with Crippen LogP contribution in [-0.4, -0.2) is 39.5 Å². The molecule has 4 aromatic carbocycles. The van der Waals surface area contributed by atoms with Gasteiger partial charge in [-0.2, -0.15) is 16.8 Å². The summed E-state index contributed by atoms with van der Waals surface area (Å²) in [5.74, 6) is -0.973. The molecule has 0 aliphatic carbocycles. The molecule has 0 fully saturated rings. The second-order valence-electron chi connectivity index (χ2n) is 8.16. The first-order valence-electron chi connectivity index (χ1n) is 10.6. The summed E-state index contributed by atoms with van der Waals surface area (Å²) in [5.41, 5.74) is -0.506. The van der Waals surface area contributed by atoms with E-state index in [0.717, 1.165) is 23.8 Å². The number of rotatable bonds is 7. The zero-order valence-electron chi connectivity index (χ0n) is 19.6. The Bertz CT molecular complexity index is 1980. The van der Waals surface area contributed by atoms with Crippen molar-refractivity contribution in [3.63, 3.8) is 0 Å². The molecule has 0 atom stereocenters. The predicted molar refractivity (Wildman–Crippen MR) is 143 cm³/mol. The van der Waals surface area contributed by atoms with Crippen LogP contribution >= 0.6 is 11.6 Å². The minimum absolute atomic E-state index is 0.0713. The zero-order valence-corrected chi connectivity index (χ0v) is 22.8. The maximum Gasteiger partial charge on any atom is 0.296 e. The number of halogens is 1. The van der Waals surface area contributed by atoms with Crippen molar-refractivity contribution in [1.29, 1.82) is 0 Å². The topological polar surface area (TPSA) is 200 Å². The van der Waals surface area contributed by atoms with Crippen LogP contribution in [0.1, 0.15) is 5.56 Å². The Labute approximate surface area is 228 Å². The molecule has 0 bridgehead atoms. The van der Waals surface area contributed by atoms with E-state index in [0.29, 0.717) is 0 Å². The van der Waals surface area contributed by atoms with Gasteiger partial charge in [-0.25, -0.2) is 8.42 Å². The maximum atomic E-state index is 13.1. The predicted octanol–water partition coefficient (Wildman–Crippen LogP) is 5.22. The molecule has 0 spiro atoms. The molecule has 0 aliphatic heterocycles. The summed E-state index contributed by atoms with van der Waals surface area (Å²) in [6.07, 6.45) is 0. The number of azo groups is 1. The zero-order chi connectivity index (χ0) is 28.8. The number of phenols is 1. The Balaban J connectivity index is 2.04. The van der Waals surface area contributed by atoms with Crippen molar-refractivity contribution in [2.24, 2.45) is 10.2 Å². The second kappa shape index (κ2) is 10.2. The van der Waals surface area contributed by atoms with Gasteiger partial charge in [0.05, 0.1) is 25.9 Å². The van der Waals surface area contributed by atoms with E-state index in [9.17, 15) is 39.5 Å². The van der Waals surface area contributed by atoms with Crippen molar-refractivity contribution in [1.82, 2.24) is 0 Å². The van der Waals surface area contributed by atoms with E-state index in [1.54, 1.807) is 19.1 Å². The lowest BCUT2D eigenvalue weighted by molar-refractivity contribution is 0.472. The Morgan fingerprint density at radius 3 is 2.03 bits per heavy atom. The van der Waals surface area contributed by atoms with Gasteiger partial charge in [-0.3, -0.25) is 13.8 Å². The molecule has 12 nitrogen and oxygen atoms in total. The molecule has 0 heterocycles. The number of anilines is 1. The molecule has 0 amide bonds. The van der Waals surface area contributed by atoms with Crippen LogP contribution in [0.2, 0.25) is 5.02 Å². The molecule has 16 heteroatoms. The molecule has 0 aliphatic rings. The summed E-state index contributed by atoms with van der Waals surface area (Å²) < 4.78 is 96.0. The molecule has 39 heavy (non-hydrogen) atoms. The average molecular weight is 612 g/mol. The molecule has 4 rings (SSSR count). The maximum absolute atomic E-state index is 13.1. The van der Waals surface area contributed by atoms with Crippen LogP contribution in [-0.2, 0) is 30.3 Å². The molecule has 0 aromatic heterocycles. The van der Waals surface area contributed by atoms with Gasteiger partial charge in [0.25, 0.3) is 30.3 Å². The van der Waals surface area contributed by atoms with Crippen molar-refractivity contribution in [2.45, 2.75) is 21.6 Å². The summed E-state index contributed by atoms with van der Waals surface area (Å²) in [6, 6.07) is 13.9. The summed E-state index contributed by atoms with van der Waals surface area (Å²) >= 11 is 6.04. The molecule has 0 saturated carbocycles. The molecular weight excluding hydrogens is 594 g/mol. The molecular formula is C23H18ClN3O9S3. The minimum atomic E-state index is -5.10. The van der Waals surface area contributed by atoms with Crippen LogP contribution in [0.3, 0.4) is 0 Å². The standard InChI is InChI=1S/C23H18ClN3O9S3/c1-13-6-8-15(9-7-13)37(29,30)27-19-12-16(38(31,32)33)10-14-11-20(39(34,35)36)22(23(28)21(14)19)26-25-18-5-3-2-4-17(18)24/h2-12,27-28H,1H3,(H,31,32,33)(H,34,35,36)/b26-25-. The van der Waals surface area contributed by atoms with Crippen LogP contribution in [0.5, 0.6) is 5.75 Å². The van der Waals surface area contributed by atoms with E-state index in [4.69, 9.17) is 11.6 Å². The Morgan fingerprint density at radius 2 is 1.44 bits per heavy atom. The summed E-state index contributed by atoms with van der Waals surface area (Å²) in [5, 5.41) is 18.0. The monoisotopic (exact) mass is 611 g/mol. The largest absolute Gasteiger partial charge is 0.505 e. The van der Waals surface area contributed by atoms with Gasteiger partial charge < -0.3 is 5.11 Å². The van der Waals surface area contributed by atoms with Gasteiger partial charge in [0, 0.05) is 0 Å². The Hall–Kier alpha value is -3.60. The van der Waals surface area contributed by atoms with Gasteiger partial charge in [0.15, 0.2) is 5.75 Å². The molecule has 204 valence electrons. The fourth-order valence-electron chi connectivity index (χ4n) is 3.54. The van der Waals surface area contributed by atoms with Crippen molar-refractivity contribution in [3.8, 4) is 5.75 Å². The van der Waals surface area contributed by atoms with Gasteiger partial charge in [-0.1, -0.05) is 41.4 Å². The number of nitrogens with zero attached hydrogens (tertiary/aromatic N) is 2. The van der Waals surface area contributed by atoms with E-state index in [-0.39, 0.29) is 21.0 Å². The summed E-state index contributed by atoms with van der Waals surface area (Å²) in [4.78, 5) is -2.03. The van der Waals surface area contributed by atoms with E-state index < -0.39 is 62.6 Å². The highest BCUT2D eigenvalue weighted by molar-refractivity contribution is 7.92. The molecule has 0 unspecified atom stereocenters. The van der Waals surface area contributed by atoms with E-state index in [1.807, 2.05) is 0 Å². The highest BCUT2D eigenvalue weighted by atomic mass is 35.5. The van der Waals surface area contributed by atoms with Gasteiger partial charge in [0.1, 0.15) is 16.3 Å². The van der Waals surface area contributed by atoms with E-state index >= 15 is 0 Å². The smallest absolute Gasteiger partial charge is 0.296 e. The first kappa shape index (κ1) is 28.4. The number of aryl methyl sites for hydroxylation is 1. The first-order chi connectivity index (χ1) is 18.1. The number of benzene rings is 4. The minimum Gasteiger partial charge on any atom is -0.505 e. The molecule has 0 saturated heterocycles. The fourth-order valence-corrected chi connectivity index (χ4v) is 5.98. The van der Waals surface area contributed by atoms with Crippen molar-refractivity contribution in [2.75, 3.05) is 4.72 Å². The van der Waals surface area contributed by atoms with Gasteiger partial charge >= 0.3 is 0 Å². The van der Waals surface area contributed by atoms with Gasteiger partial charge in [-0.15, -0.1) is 10.2 Å². The lowest BCUT2D eigenvalue weighted by Crippen LogP contribution is -2.14. The number of phenolic OH excluding ortho intramolecular Hbond substituents is 1. The third-order valence-electron chi connectivity index (χ3n) is 5.39. The van der Waals surface area contributed by atoms with Crippen LogP contribution in [0.4, 0.5) is 17.1 Å². The van der Waals surface area contributed by atoms with Gasteiger partial charge in [0.2, 0.25) is 0 Å². The number of hydrogen-bond acceptors (Lipinski definition) is 9. The van der Waals surface area contributed by atoms with Crippen LogP contribution in [0.25, 0.3) is 10.8 Å². The fraction of sp³-hybridized carbons (Fsp3) is 0.0435. The number of aromatic hydroxyl groups is 1.